The van der Waals surface area contributed by atoms with Gasteiger partial charge in [-0.3, -0.25) is 0 Å². The number of aryl methyl sites for hydroxylation is 1. The van der Waals surface area contributed by atoms with E-state index in [-0.39, 0.29) is 0 Å². The molecular formula is C28H22N2S. The minimum absolute atomic E-state index is 0.994. The molecule has 0 fully saturated rings. The lowest BCUT2D eigenvalue weighted by molar-refractivity contribution is 1.29. The maximum Gasteiger partial charge on any atom is 0.129 e. The van der Waals surface area contributed by atoms with Gasteiger partial charge in [0.05, 0.1) is 0 Å². The monoisotopic (exact) mass is 418 g/mol. The van der Waals surface area contributed by atoms with Gasteiger partial charge in [-0.2, -0.15) is 0 Å². The van der Waals surface area contributed by atoms with Crippen molar-refractivity contribution < 1.29 is 0 Å². The highest BCUT2D eigenvalue weighted by Gasteiger charge is 2.22. The highest BCUT2D eigenvalue weighted by Crippen LogP contribution is 2.46. The minimum atomic E-state index is 0.994. The van der Waals surface area contributed by atoms with E-state index in [9.17, 15) is 0 Å². The van der Waals surface area contributed by atoms with Crippen LogP contribution in [0.2, 0.25) is 0 Å². The normalized spacial score (nSPS) is 10.7. The molecule has 0 amide bonds. The van der Waals surface area contributed by atoms with Crippen LogP contribution in [0.15, 0.2) is 115 Å². The molecule has 0 bridgehead atoms. The smallest absolute Gasteiger partial charge is 0.129 e. The molecule has 0 N–H and O–H groups in total. The lowest BCUT2D eigenvalue weighted by Crippen LogP contribution is -2.09. The Balaban J connectivity index is 1.74. The first kappa shape index (κ1) is 19.3. The van der Waals surface area contributed by atoms with Crippen LogP contribution in [0.1, 0.15) is 5.56 Å². The molecule has 0 aliphatic rings. The Morgan fingerprint density at radius 1 is 0.581 bits per heavy atom. The van der Waals surface area contributed by atoms with E-state index in [1.807, 2.05) is 6.07 Å². The van der Waals surface area contributed by atoms with Crippen molar-refractivity contribution in [1.82, 2.24) is 4.98 Å². The molecule has 2 nitrogen and oxygen atoms in total. The summed E-state index contributed by atoms with van der Waals surface area (Å²) in [6.07, 6.45) is 0. The van der Waals surface area contributed by atoms with E-state index >= 15 is 0 Å². The van der Waals surface area contributed by atoms with Gasteiger partial charge >= 0.3 is 0 Å². The first-order valence-corrected chi connectivity index (χ1v) is 11.1. The summed E-state index contributed by atoms with van der Waals surface area (Å²) < 4.78 is 0. The second-order valence-corrected chi connectivity index (χ2v) is 8.39. The zero-order valence-corrected chi connectivity index (χ0v) is 18.1. The predicted octanol–water partition coefficient (Wildman–Crippen LogP) is 8.26. The number of benzene rings is 4. The van der Waals surface area contributed by atoms with Gasteiger partial charge in [0.1, 0.15) is 15.7 Å². The summed E-state index contributed by atoms with van der Waals surface area (Å²) in [5.74, 6) is 0. The van der Waals surface area contributed by atoms with E-state index in [1.165, 1.54) is 5.56 Å². The first-order valence-electron chi connectivity index (χ1n) is 10.3. The van der Waals surface area contributed by atoms with Crippen LogP contribution in [0.3, 0.4) is 0 Å². The molecule has 1 heterocycles. The Morgan fingerprint density at radius 2 is 1.10 bits per heavy atom. The second kappa shape index (κ2) is 8.58. The predicted molar refractivity (Wildman–Crippen MR) is 132 cm³/mol. The fourth-order valence-corrected chi connectivity index (χ4v) is 4.74. The fourth-order valence-electron chi connectivity index (χ4n) is 3.61. The summed E-state index contributed by atoms with van der Waals surface area (Å²) in [5, 5.41) is 2.13. The Hall–Kier alpha value is -3.69. The highest BCUT2D eigenvalue weighted by molar-refractivity contribution is 7.19. The Bertz CT molecular complexity index is 1220. The molecular weight excluding hydrogens is 396 g/mol. The number of aromatic nitrogens is 1. The van der Waals surface area contributed by atoms with Crippen LogP contribution in [0.25, 0.3) is 21.8 Å². The molecule has 4 aromatic carbocycles. The molecule has 0 unspecified atom stereocenters. The van der Waals surface area contributed by atoms with Gasteiger partial charge in [-0.1, -0.05) is 108 Å². The van der Waals surface area contributed by atoms with Gasteiger partial charge in [0, 0.05) is 22.5 Å². The Labute approximate surface area is 187 Å². The van der Waals surface area contributed by atoms with Crippen LogP contribution in [0.5, 0.6) is 0 Å². The molecule has 5 rings (SSSR count). The lowest BCUT2D eigenvalue weighted by Gasteiger charge is -2.24. The highest BCUT2D eigenvalue weighted by atomic mass is 32.1. The molecule has 31 heavy (non-hydrogen) atoms. The van der Waals surface area contributed by atoms with Crippen LogP contribution in [-0.4, -0.2) is 4.98 Å². The number of para-hydroxylation sites is 2. The molecule has 1 aromatic heterocycles. The molecule has 0 radical (unpaired) electrons. The molecule has 5 aromatic rings. The number of hydrogen-bond acceptors (Lipinski definition) is 3. The van der Waals surface area contributed by atoms with Crippen LogP contribution >= 0.6 is 11.3 Å². The average Bonchev–Trinajstić information content (AvgIpc) is 3.27. The van der Waals surface area contributed by atoms with Crippen molar-refractivity contribution >= 4 is 27.7 Å². The first-order chi connectivity index (χ1) is 15.3. The summed E-state index contributed by atoms with van der Waals surface area (Å²) in [4.78, 5) is 7.43. The quantitative estimate of drug-likeness (QED) is 0.285. The van der Waals surface area contributed by atoms with E-state index in [4.69, 9.17) is 4.98 Å². The summed E-state index contributed by atoms with van der Waals surface area (Å²) in [6.45, 7) is 2.11. The van der Waals surface area contributed by atoms with E-state index in [0.717, 1.165) is 38.2 Å². The summed E-state index contributed by atoms with van der Waals surface area (Å²) in [7, 11) is 0. The SMILES string of the molecule is Cc1ccc(-c2nc(-c3ccccc3)c(N(c3ccccc3)c3ccccc3)s2)cc1. The summed E-state index contributed by atoms with van der Waals surface area (Å²) in [6, 6.07) is 40.0. The van der Waals surface area contributed by atoms with Crippen molar-refractivity contribution in [2.24, 2.45) is 0 Å². The zero-order valence-electron chi connectivity index (χ0n) is 17.3. The van der Waals surface area contributed by atoms with Gasteiger partial charge in [-0.15, -0.1) is 0 Å². The van der Waals surface area contributed by atoms with Gasteiger partial charge in [0.2, 0.25) is 0 Å². The van der Waals surface area contributed by atoms with Gasteiger partial charge in [-0.05, 0) is 31.2 Å². The van der Waals surface area contributed by atoms with Gasteiger partial charge < -0.3 is 4.90 Å². The lowest BCUT2D eigenvalue weighted by atomic mass is 10.1. The van der Waals surface area contributed by atoms with Crippen molar-refractivity contribution in [2.45, 2.75) is 6.92 Å². The molecule has 0 aliphatic carbocycles. The maximum absolute atomic E-state index is 5.13. The maximum atomic E-state index is 5.13. The number of hydrogen-bond donors (Lipinski definition) is 0. The second-order valence-electron chi connectivity index (χ2n) is 7.41. The Morgan fingerprint density at radius 3 is 1.65 bits per heavy atom. The van der Waals surface area contributed by atoms with Crippen molar-refractivity contribution in [3.8, 4) is 21.8 Å². The zero-order chi connectivity index (χ0) is 21.0. The molecule has 3 heteroatoms. The molecule has 0 aliphatic heterocycles. The number of rotatable bonds is 5. The average molecular weight is 419 g/mol. The third-order valence-electron chi connectivity index (χ3n) is 5.19. The molecule has 0 saturated carbocycles. The van der Waals surface area contributed by atoms with Crippen LogP contribution in [0, 0.1) is 6.92 Å². The molecule has 150 valence electrons. The van der Waals surface area contributed by atoms with Gasteiger partial charge in [-0.25, -0.2) is 4.98 Å². The number of anilines is 3. The minimum Gasteiger partial charge on any atom is -0.300 e. The van der Waals surface area contributed by atoms with Crippen molar-refractivity contribution in [3.05, 3.63) is 121 Å². The molecule has 0 saturated heterocycles. The number of thiazole rings is 1. The topological polar surface area (TPSA) is 16.1 Å². The third kappa shape index (κ3) is 4.00. The van der Waals surface area contributed by atoms with E-state index < -0.39 is 0 Å². The third-order valence-corrected chi connectivity index (χ3v) is 6.28. The van der Waals surface area contributed by atoms with E-state index in [0.29, 0.717) is 0 Å². The van der Waals surface area contributed by atoms with Gasteiger partial charge in [0.25, 0.3) is 0 Å². The van der Waals surface area contributed by atoms with E-state index in [2.05, 4.69) is 121 Å². The fraction of sp³-hybridized carbons (Fsp3) is 0.0357. The molecule has 0 atom stereocenters. The van der Waals surface area contributed by atoms with Crippen LogP contribution in [0.4, 0.5) is 16.4 Å². The van der Waals surface area contributed by atoms with Gasteiger partial charge in [0.15, 0.2) is 0 Å². The standard InChI is InChI=1S/C28H22N2S/c1-21-17-19-23(20-18-21)27-29-26(22-11-5-2-6-12-22)28(31-27)30(24-13-7-3-8-14-24)25-15-9-4-10-16-25/h2-20H,1H3. The number of nitrogens with zero attached hydrogens (tertiary/aromatic N) is 2. The largest absolute Gasteiger partial charge is 0.300 e. The summed E-state index contributed by atoms with van der Waals surface area (Å²) in [5.41, 5.74) is 6.73. The van der Waals surface area contributed by atoms with E-state index in [1.54, 1.807) is 11.3 Å². The van der Waals surface area contributed by atoms with Crippen LogP contribution < -0.4 is 4.90 Å². The van der Waals surface area contributed by atoms with Crippen molar-refractivity contribution in [2.75, 3.05) is 4.90 Å². The van der Waals surface area contributed by atoms with Crippen molar-refractivity contribution in [1.29, 1.82) is 0 Å². The van der Waals surface area contributed by atoms with Crippen LogP contribution in [-0.2, 0) is 0 Å². The molecule has 0 spiro atoms. The Kier molecular flexibility index (Phi) is 5.34. The van der Waals surface area contributed by atoms with Crippen molar-refractivity contribution in [3.63, 3.8) is 0 Å². The summed E-state index contributed by atoms with van der Waals surface area (Å²) >= 11 is 1.73.